The highest BCUT2D eigenvalue weighted by Gasteiger charge is 2.36. The van der Waals surface area contributed by atoms with E-state index in [1.807, 2.05) is 0 Å². The van der Waals surface area contributed by atoms with Crippen molar-refractivity contribution in [2.45, 2.75) is 6.18 Å². The van der Waals surface area contributed by atoms with Crippen LogP contribution in [0.15, 0.2) is 42.5 Å². The molecule has 0 radical (unpaired) electrons. The highest BCUT2D eigenvalue weighted by atomic mass is 32.1. The maximum absolute atomic E-state index is 13.2. The van der Waals surface area contributed by atoms with Crippen LogP contribution in [0.5, 0.6) is 0 Å². The third-order valence-electron chi connectivity index (χ3n) is 2.94. The topological polar surface area (TPSA) is 54.7 Å². The fourth-order valence-corrected chi connectivity index (χ4v) is 3.04. The maximum Gasteiger partial charge on any atom is 0.426 e. The zero-order chi connectivity index (χ0) is 15.0. The molecule has 1 aromatic carbocycles. The van der Waals surface area contributed by atoms with E-state index in [1.165, 1.54) is 12.1 Å². The zero-order valence-corrected chi connectivity index (χ0v) is 11.4. The lowest BCUT2D eigenvalue weighted by molar-refractivity contribution is -0.133. The summed E-state index contributed by atoms with van der Waals surface area (Å²) in [5, 5.41) is 6.38. The van der Waals surface area contributed by atoms with E-state index in [1.54, 1.807) is 30.3 Å². The standard InChI is InChI=1S/C14H10F3N3S/c15-14(16,17)13-9(8-4-2-1-3-5-8)6-11(21-13)10-7-12(18)20-19-10/h1-7H,(H3,18,19,20). The van der Waals surface area contributed by atoms with Gasteiger partial charge in [0, 0.05) is 11.6 Å². The van der Waals surface area contributed by atoms with Crippen molar-refractivity contribution in [2.75, 3.05) is 5.73 Å². The van der Waals surface area contributed by atoms with Gasteiger partial charge in [-0.2, -0.15) is 18.3 Å². The first kappa shape index (κ1) is 13.7. The molecular formula is C14H10F3N3S. The van der Waals surface area contributed by atoms with Gasteiger partial charge in [-0.25, -0.2) is 0 Å². The molecule has 108 valence electrons. The normalized spacial score (nSPS) is 11.8. The van der Waals surface area contributed by atoms with Crippen molar-refractivity contribution >= 4 is 17.2 Å². The van der Waals surface area contributed by atoms with E-state index in [2.05, 4.69) is 10.2 Å². The van der Waals surface area contributed by atoms with Gasteiger partial charge in [-0.3, -0.25) is 5.10 Å². The lowest BCUT2D eigenvalue weighted by atomic mass is 10.1. The molecule has 3 aromatic rings. The summed E-state index contributed by atoms with van der Waals surface area (Å²) in [5.74, 6) is 0.244. The summed E-state index contributed by atoms with van der Waals surface area (Å²) in [6.45, 7) is 0. The van der Waals surface area contributed by atoms with E-state index < -0.39 is 11.1 Å². The molecule has 2 heterocycles. The first-order chi connectivity index (χ1) is 9.95. The lowest BCUT2D eigenvalue weighted by Gasteiger charge is -2.07. The molecule has 7 heteroatoms. The molecule has 0 aliphatic heterocycles. The van der Waals surface area contributed by atoms with Crippen LogP contribution in [0.2, 0.25) is 0 Å². The number of aromatic nitrogens is 2. The van der Waals surface area contributed by atoms with Crippen LogP contribution in [0, 0.1) is 0 Å². The number of anilines is 1. The van der Waals surface area contributed by atoms with E-state index in [9.17, 15) is 13.2 Å². The van der Waals surface area contributed by atoms with Gasteiger partial charge < -0.3 is 5.73 Å². The third kappa shape index (κ3) is 2.64. The number of halogens is 3. The Morgan fingerprint density at radius 2 is 1.81 bits per heavy atom. The molecule has 0 aliphatic rings. The minimum atomic E-state index is -4.40. The molecule has 0 unspecified atom stereocenters. The minimum Gasteiger partial charge on any atom is -0.382 e. The molecule has 0 atom stereocenters. The van der Waals surface area contributed by atoms with Crippen LogP contribution in [0.1, 0.15) is 4.88 Å². The van der Waals surface area contributed by atoms with E-state index in [4.69, 9.17) is 5.73 Å². The van der Waals surface area contributed by atoms with Crippen molar-refractivity contribution in [3.8, 4) is 21.7 Å². The summed E-state index contributed by atoms with van der Waals surface area (Å²) >= 11 is 0.676. The summed E-state index contributed by atoms with van der Waals surface area (Å²) in [4.78, 5) is -0.178. The van der Waals surface area contributed by atoms with Crippen molar-refractivity contribution in [3.05, 3.63) is 47.3 Å². The average Bonchev–Trinajstić information content (AvgIpc) is 3.05. The molecule has 21 heavy (non-hydrogen) atoms. The van der Waals surface area contributed by atoms with Crippen molar-refractivity contribution in [2.24, 2.45) is 0 Å². The quantitative estimate of drug-likeness (QED) is 0.737. The number of H-pyrrole nitrogens is 1. The highest BCUT2D eigenvalue weighted by molar-refractivity contribution is 7.16. The molecule has 2 aromatic heterocycles. The predicted octanol–water partition coefficient (Wildman–Crippen LogP) is 4.41. The number of nitrogens with two attached hydrogens (primary N) is 1. The van der Waals surface area contributed by atoms with Gasteiger partial charge in [-0.1, -0.05) is 30.3 Å². The zero-order valence-electron chi connectivity index (χ0n) is 10.6. The maximum atomic E-state index is 13.2. The SMILES string of the molecule is Nc1cc(-c2cc(-c3ccccc3)c(C(F)(F)F)s2)[nH]n1. The van der Waals surface area contributed by atoms with Crippen LogP contribution in [0.25, 0.3) is 21.7 Å². The molecule has 0 fully saturated rings. The predicted molar refractivity (Wildman–Crippen MR) is 76.8 cm³/mol. The van der Waals surface area contributed by atoms with Crippen LogP contribution in [0.3, 0.4) is 0 Å². The minimum absolute atomic E-state index is 0.163. The molecule has 0 spiro atoms. The largest absolute Gasteiger partial charge is 0.426 e. The number of thiophene rings is 1. The Bertz CT molecular complexity index is 759. The Kier molecular flexibility index (Phi) is 3.21. The van der Waals surface area contributed by atoms with Gasteiger partial charge in [0.15, 0.2) is 0 Å². The summed E-state index contributed by atoms with van der Waals surface area (Å²) < 4.78 is 39.7. The number of nitrogen functional groups attached to an aromatic ring is 1. The number of nitrogens with one attached hydrogen (secondary N) is 1. The lowest BCUT2D eigenvalue weighted by Crippen LogP contribution is -2.03. The Labute approximate surface area is 122 Å². The fourth-order valence-electron chi connectivity index (χ4n) is 2.03. The van der Waals surface area contributed by atoms with Gasteiger partial charge in [0.1, 0.15) is 10.7 Å². The first-order valence-corrected chi connectivity index (χ1v) is 6.84. The van der Waals surface area contributed by atoms with E-state index in [0.29, 0.717) is 27.5 Å². The molecule has 0 saturated carbocycles. The smallest absolute Gasteiger partial charge is 0.382 e. The van der Waals surface area contributed by atoms with Crippen LogP contribution in [0.4, 0.5) is 19.0 Å². The number of benzene rings is 1. The van der Waals surface area contributed by atoms with Gasteiger partial charge in [0.05, 0.1) is 10.6 Å². The number of hydrogen-bond donors (Lipinski definition) is 2. The second-order valence-corrected chi connectivity index (χ2v) is 5.48. The van der Waals surface area contributed by atoms with E-state index in [-0.39, 0.29) is 11.4 Å². The van der Waals surface area contributed by atoms with Crippen molar-refractivity contribution in [1.29, 1.82) is 0 Å². The van der Waals surface area contributed by atoms with Gasteiger partial charge in [0.2, 0.25) is 0 Å². The molecule has 3 nitrogen and oxygen atoms in total. The Hall–Kier alpha value is -2.28. The van der Waals surface area contributed by atoms with E-state index in [0.717, 1.165) is 0 Å². The van der Waals surface area contributed by atoms with Crippen LogP contribution in [-0.4, -0.2) is 10.2 Å². The van der Waals surface area contributed by atoms with Crippen LogP contribution < -0.4 is 5.73 Å². The number of hydrogen-bond acceptors (Lipinski definition) is 3. The molecule has 0 bridgehead atoms. The highest BCUT2D eigenvalue weighted by Crippen LogP contribution is 2.45. The van der Waals surface area contributed by atoms with Gasteiger partial charge in [-0.15, -0.1) is 11.3 Å². The van der Waals surface area contributed by atoms with Gasteiger partial charge in [-0.05, 0) is 11.6 Å². The summed E-state index contributed by atoms with van der Waals surface area (Å²) in [6, 6.07) is 11.5. The monoisotopic (exact) mass is 309 g/mol. The number of alkyl halides is 3. The Morgan fingerprint density at radius 3 is 2.38 bits per heavy atom. The summed E-state index contributed by atoms with van der Waals surface area (Å²) in [5.41, 5.74) is 6.67. The van der Waals surface area contributed by atoms with E-state index >= 15 is 0 Å². The van der Waals surface area contributed by atoms with Gasteiger partial charge in [0.25, 0.3) is 0 Å². The third-order valence-corrected chi connectivity index (χ3v) is 4.15. The molecule has 0 aliphatic carbocycles. The summed E-state index contributed by atoms with van der Waals surface area (Å²) in [7, 11) is 0. The number of aromatic amines is 1. The molecule has 3 rings (SSSR count). The van der Waals surface area contributed by atoms with Gasteiger partial charge >= 0.3 is 6.18 Å². The molecular weight excluding hydrogens is 299 g/mol. The van der Waals surface area contributed by atoms with Crippen LogP contribution in [-0.2, 0) is 6.18 Å². The number of rotatable bonds is 2. The molecule has 0 amide bonds. The number of nitrogens with zero attached hydrogens (tertiary/aromatic N) is 1. The summed E-state index contributed by atoms with van der Waals surface area (Å²) in [6.07, 6.45) is -4.40. The second-order valence-electron chi connectivity index (χ2n) is 4.42. The Balaban J connectivity index is 2.17. The van der Waals surface area contributed by atoms with Crippen LogP contribution >= 0.6 is 11.3 Å². The molecule has 3 N–H and O–H groups in total. The molecule has 0 saturated heterocycles. The second kappa shape index (κ2) is 4.92. The van der Waals surface area contributed by atoms with Crippen molar-refractivity contribution in [1.82, 2.24) is 10.2 Å². The first-order valence-electron chi connectivity index (χ1n) is 6.03. The Morgan fingerprint density at radius 1 is 1.10 bits per heavy atom. The fraction of sp³-hybridized carbons (Fsp3) is 0.0714. The van der Waals surface area contributed by atoms with Crippen molar-refractivity contribution in [3.63, 3.8) is 0 Å². The van der Waals surface area contributed by atoms with Crippen molar-refractivity contribution < 1.29 is 13.2 Å². The average molecular weight is 309 g/mol.